The van der Waals surface area contributed by atoms with E-state index in [1.165, 1.54) is 11.6 Å². The highest BCUT2D eigenvalue weighted by molar-refractivity contribution is 6.15. The summed E-state index contributed by atoms with van der Waals surface area (Å²) in [5, 5.41) is 0. The molecule has 3 nitrogen and oxygen atoms in total. The van der Waals surface area contributed by atoms with Crippen LogP contribution in [0.5, 0.6) is 11.5 Å². The standard InChI is InChI=1S/C27H25FO3/c1-17-13-21(30-16-19-7-5-6-8-22(19)28)15-23-25(17)26(29)24(31-23)14-18-9-11-20(12-10-18)27(2,3)4/h5-15H,16H2,1-4H3/b24-14-. The van der Waals surface area contributed by atoms with Gasteiger partial charge in [-0.3, -0.25) is 4.79 Å². The number of benzene rings is 3. The van der Waals surface area contributed by atoms with Gasteiger partial charge in [0.15, 0.2) is 5.76 Å². The Labute approximate surface area is 182 Å². The highest BCUT2D eigenvalue weighted by Gasteiger charge is 2.30. The second-order valence-corrected chi connectivity index (χ2v) is 8.81. The normalized spacial score (nSPS) is 14.5. The van der Waals surface area contributed by atoms with E-state index in [9.17, 15) is 9.18 Å². The van der Waals surface area contributed by atoms with Crippen LogP contribution in [0.25, 0.3) is 6.08 Å². The van der Waals surface area contributed by atoms with E-state index in [1.54, 1.807) is 36.4 Å². The largest absolute Gasteiger partial charge is 0.489 e. The molecule has 0 aliphatic carbocycles. The minimum absolute atomic E-state index is 0.0672. The molecule has 0 fully saturated rings. The van der Waals surface area contributed by atoms with Gasteiger partial charge >= 0.3 is 0 Å². The maximum Gasteiger partial charge on any atom is 0.232 e. The van der Waals surface area contributed by atoms with Crippen molar-refractivity contribution >= 4 is 11.9 Å². The third kappa shape index (κ3) is 4.38. The summed E-state index contributed by atoms with van der Waals surface area (Å²) in [6, 6.07) is 18.1. The predicted octanol–water partition coefficient (Wildman–Crippen LogP) is 6.63. The van der Waals surface area contributed by atoms with E-state index in [0.29, 0.717) is 22.6 Å². The third-order valence-corrected chi connectivity index (χ3v) is 5.37. The van der Waals surface area contributed by atoms with Gasteiger partial charge in [-0.15, -0.1) is 0 Å². The Hall–Kier alpha value is -3.40. The van der Waals surface area contributed by atoms with Gasteiger partial charge in [-0.1, -0.05) is 63.2 Å². The first-order chi connectivity index (χ1) is 14.7. The number of allylic oxidation sites excluding steroid dienone is 1. The first-order valence-corrected chi connectivity index (χ1v) is 10.3. The summed E-state index contributed by atoms with van der Waals surface area (Å²) in [4.78, 5) is 12.9. The molecule has 4 heteroatoms. The maximum atomic E-state index is 13.8. The fraction of sp³-hybridized carbons (Fsp3) is 0.222. The molecular formula is C27H25FO3. The van der Waals surface area contributed by atoms with Crippen molar-refractivity contribution in [3.05, 3.63) is 100 Å². The highest BCUT2D eigenvalue weighted by Crippen LogP contribution is 2.38. The van der Waals surface area contributed by atoms with Crippen LogP contribution in [0.2, 0.25) is 0 Å². The Morgan fingerprint density at radius 3 is 2.42 bits per heavy atom. The molecule has 0 radical (unpaired) electrons. The second-order valence-electron chi connectivity index (χ2n) is 8.81. The summed E-state index contributed by atoms with van der Waals surface area (Å²) in [6.07, 6.45) is 1.76. The number of carbonyl (C=O) groups excluding carboxylic acids is 1. The number of fused-ring (bicyclic) bond motifs is 1. The van der Waals surface area contributed by atoms with Crippen molar-refractivity contribution in [3.8, 4) is 11.5 Å². The molecule has 0 amide bonds. The summed E-state index contributed by atoms with van der Waals surface area (Å²) in [5.74, 6) is 0.824. The highest BCUT2D eigenvalue weighted by atomic mass is 19.1. The summed E-state index contributed by atoms with van der Waals surface area (Å²) >= 11 is 0. The van der Waals surface area contributed by atoms with Crippen LogP contribution in [0.1, 0.15) is 53.4 Å². The molecule has 1 heterocycles. The number of hydrogen-bond acceptors (Lipinski definition) is 3. The van der Waals surface area contributed by atoms with Crippen LogP contribution in [0.15, 0.2) is 66.4 Å². The Bertz CT molecular complexity index is 1170. The molecular weight excluding hydrogens is 391 g/mol. The van der Waals surface area contributed by atoms with Crippen LogP contribution < -0.4 is 9.47 Å². The number of ether oxygens (including phenoxy) is 2. The van der Waals surface area contributed by atoms with Gasteiger partial charge in [-0.25, -0.2) is 4.39 Å². The number of hydrogen-bond donors (Lipinski definition) is 0. The average molecular weight is 416 g/mol. The van der Waals surface area contributed by atoms with Gasteiger partial charge in [-0.2, -0.15) is 0 Å². The molecule has 0 saturated heterocycles. The number of aryl methyl sites for hydroxylation is 1. The number of ketones is 1. The lowest BCUT2D eigenvalue weighted by molar-refractivity contribution is 0.101. The fourth-order valence-corrected chi connectivity index (χ4v) is 3.57. The van der Waals surface area contributed by atoms with Crippen molar-refractivity contribution in [1.82, 2.24) is 0 Å². The Balaban J connectivity index is 1.55. The van der Waals surface area contributed by atoms with Crippen LogP contribution in [0, 0.1) is 12.7 Å². The Morgan fingerprint density at radius 2 is 1.74 bits per heavy atom. The van der Waals surface area contributed by atoms with Gasteiger partial charge in [0, 0.05) is 11.6 Å². The van der Waals surface area contributed by atoms with Gasteiger partial charge in [0.2, 0.25) is 5.78 Å². The molecule has 0 bridgehead atoms. The molecule has 4 rings (SSSR count). The second kappa shape index (κ2) is 8.03. The molecule has 0 saturated carbocycles. The van der Waals surface area contributed by atoms with E-state index in [0.717, 1.165) is 11.1 Å². The van der Waals surface area contributed by atoms with Crippen LogP contribution >= 0.6 is 0 Å². The van der Waals surface area contributed by atoms with Crippen molar-refractivity contribution in [2.24, 2.45) is 0 Å². The van der Waals surface area contributed by atoms with Crippen molar-refractivity contribution in [2.45, 2.75) is 39.7 Å². The Kier molecular flexibility index (Phi) is 5.40. The van der Waals surface area contributed by atoms with Crippen molar-refractivity contribution in [2.75, 3.05) is 0 Å². The molecule has 1 aliphatic heterocycles. The third-order valence-electron chi connectivity index (χ3n) is 5.37. The first-order valence-electron chi connectivity index (χ1n) is 10.3. The molecule has 0 aromatic heterocycles. The molecule has 158 valence electrons. The zero-order chi connectivity index (χ0) is 22.2. The molecule has 0 atom stereocenters. The predicted molar refractivity (Wildman–Crippen MR) is 120 cm³/mol. The van der Waals surface area contributed by atoms with Crippen molar-refractivity contribution in [1.29, 1.82) is 0 Å². The lowest BCUT2D eigenvalue weighted by Gasteiger charge is -2.18. The Morgan fingerprint density at radius 1 is 1.03 bits per heavy atom. The molecule has 0 unspecified atom stereocenters. The zero-order valence-corrected chi connectivity index (χ0v) is 18.2. The number of rotatable bonds is 4. The van der Waals surface area contributed by atoms with E-state index < -0.39 is 0 Å². The molecule has 3 aromatic rings. The number of carbonyl (C=O) groups is 1. The summed E-state index contributed by atoms with van der Waals surface area (Å²) < 4.78 is 25.5. The molecule has 0 N–H and O–H groups in total. The van der Waals surface area contributed by atoms with Crippen LogP contribution in [0.3, 0.4) is 0 Å². The maximum absolute atomic E-state index is 13.8. The van der Waals surface area contributed by atoms with Crippen molar-refractivity contribution in [3.63, 3.8) is 0 Å². The van der Waals surface area contributed by atoms with Crippen LogP contribution in [-0.2, 0) is 12.0 Å². The SMILES string of the molecule is Cc1cc(OCc2ccccc2F)cc2c1C(=O)/C(=C/c1ccc(C(C)(C)C)cc1)O2. The minimum atomic E-state index is -0.311. The van der Waals surface area contributed by atoms with Crippen LogP contribution in [0.4, 0.5) is 4.39 Å². The van der Waals surface area contributed by atoms with E-state index in [4.69, 9.17) is 9.47 Å². The van der Waals surface area contributed by atoms with Gasteiger partial charge in [0.1, 0.15) is 23.9 Å². The van der Waals surface area contributed by atoms with Gasteiger partial charge in [0.25, 0.3) is 0 Å². The quantitative estimate of drug-likeness (QED) is 0.448. The molecule has 0 spiro atoms. The van der Waals surface area contributed by atoms with Gasteiger partial charge in [0.05, 0.1) is 5.56 Å². The van der Waals surface area contributed by atoms with E-state index in [1.807, 2.05) is 19.1 Å². The first kappa shape index (κ1) is 20.9. The average Bonchev–Trinajstić information content (AvgIpc) is 3.03. The topological polar surface area (TPSA) is 35.5 Å². The van der Waals surface area contributed by atoms with E-state index in [-0.39, 0.29) is 29.4 Å². The minimum Gasteiger partial charge on any atom is -0.489 e. The summed E-state index contributed by atoms with van der Waals surface area (Å²) in [7, 11) is 0. The lowest BCUT2D eigenvalue weighted by atomic mass is 9.86. The van der Waals surface area contributed by atoms with Gasteiger partial charge in [-0.05, 0) is 47.2 Å². The van der Waals surface area contributed by atoms with Crippen LogP contribution in [-0.4, -0.2) is 5.78 Å². The monoisotopic (exact) mass is 416 g/mol. The summed E-state index contributed by atoms with van der Waals surface area (Å²) in [5.41, 5.74) is 3.96. The number of halogens is 1. The molecule has 1 aliphatic rings. The zero-order valence-electron chi connectivity index (χ0n) is 18.2. The van der Waals surface area contributed by atoms with Crippen molar-refractivity contribution < 1.29 is 18.7 Å². The smallest absolute Gasteiger partial charge is 0.232 e. The molecule has 3 aromatic carbocycles. The van der Waals surface area contributed by atoms with E-state index in [2.05, 4.69) is 32.9 Å². The van der Waals surface area contributed by atoms with Gasteiger partial charge < -0.3 is 9.47 Å². The number of Topliss-reactive ketones (excluding diaryl/α,β-unsaturated/α-hetero) is 1. The van der Waals surface area contributed by atoms with E-state index >= 15 is 0 Å². The summed E-state index contributed by atoms with van der Waals surface area (Å²) in [6.45, 7) is 8.43. The lowest BCUT2D eigenvalue weighted by Crippen LogP contribution is -2.10. The fourth-order valence-electron chi connectivity index (χ4n) is 3.57. The molecule has 31 heavy (non-hydrogen) atoms.